The van der Waals surface area contributed by atoms with Crippen LogP contribution in [0.1, 0.15) is 72.6 Å². The molecule has 0 bridgehead atoms. The molecule has 1 fully saturated rings. The van der Waals surface area contributed by atoms with E-state index in [0.717, 1.165) is 18.0 Å². The molecule has 2 heteroatoms. The van der Waals surface area contributed by atoms with Gasteiger partial charge in [0.05, 0.1) is 0 Å². The minimum absolute atomic E-state index is 0.754. The molecule has 0 aromatic carbocycles. The third-order valence-electron chi connectivity index (χ3n) is 4.62. The van der Waals surface area contributed by atoms with E-state index in [2.05, 4.69) is 37.9 Å². The zero-order valence-electron chi connectivity index (χ0n) is 13.8. The minimum atomic E-state index is 0.754. The summed E-state index contributed by atoms with van der Waals surface area (Å²) in [5.74, 6) is 0.807. The van der Waals surface area contributed by atoms with Crippen molar-refractivity contribution in [3.05, 3.63) is 0 Å². The zero-order chi connectivity index (χ0) is 14.1. The Morgan fingerprint density at radius 3 is 2.47 bits per heavy atom. The number of hydrogen-bond donors (Lipinski definition) is 1. The van der Waals surface area contributed by atoms with Crippen molar-refractivity contribution in [3.8, 4) is 0 Å². The molecule has 1 aliphatic rings. The van der Waals surface area contributed by atoms with Crippen LogP contribution in [0.2, 0.25) is 0 Å². The van der Waals surface area contributed by atoms with Crippen molar-refractivity contribution < 1.29 is 0 Å². The first kappa shape index (κ1) is 17.0. The van der Waals surface area contributed by atoms with E-state index in [-0.39, 0.29) is 0 Å². The molecule has 1 aliphatic heterocycles. The summed E-state index contributed by atoms with van der Waals surface area (Å²) in [5.41, 5.74) is 0. The van der Waals surface area contributed by atoms with Gasteiger partial charge in [0, 0.05) is 18.6 Å². The molecule has 0 amide bonds. The summed E-state index contributed by atoms with van der Waals surface area (Å²) in [6, 6.07) is 1.60. The van der Waals surface area contributed by atoms with Crippen LogP contribution in [-0.2, 0) is 0 Å². The first-order valence-electron chi connectivity index (χ1n) is 8.70. The molecule has 1 saturated heterocycles. The van der Waals surface area contributed by atoms with Gasteiger partial charge >= 0.3 is 0 Å². The lowest BCUT2D eigenvalue weighted by Crippen LogP contribution is -2.51. The SMILES string of the molecule is CCCCC(CCC)N1CCC(NCCC)C(C)C1. The highest BCUT2D eigenvalue weighted by molar-refractivity contribution is 4.85. The third kappa shape index (κ3) is 5.83. The first-order valence-corrected chi connectivity index (χ1v) is 8.70. The van der Waals surface area contributed by atoms with Crippen molar-refractivity contribution in [2.75, 3.05) is 19.6 Å². The Morgan fingerprint density at radius 1 is 1.11 bits per heavy atom. The van der Waals surface area contributed by atoms with Crippen molar-refractivity contribution >= 4 is 0 Å². The van der Waals surface area contributed by atoms with Gasteiger partial charge in [-0.05, 0) is 44.7 Å². The Hall–Kier alpha value is -0.0800. The predicted octanol–water partition coefficient (Wildman–Crippen LogP) is 4.06. The Bertz CT molecular complexity index is 217. The van der Waals surface area contributed by atoms with Gasteiger partial charge in [-0.1, -0.05) is 47.0 Å². The van der Waals surface area contributed by atoms with E-state index in [9.17, 15) is 0 Å². The van der Waals surface area contributed by atoms with E-state index in [1.807, 2.05) is 0 Å². The fourth-order valence-corrected chi connectivity index (χ4v) is 3.42. The summed E-state index contributed by atoms with van der Waals surface area (Å²) in [6.45, 7) is 13.1. The molecule has 2 nitrogen and oxygen atoms in total. The van der Waals surface area contributed by atoms with Gasteiger partial charge in [-0.2, -0.15) is 0 Å². The summed E-state index contributed by atoms with van der Waals surface area (Å²) >= 11 is 0. The molecule has 0 saturated carbocycles. The minimum Gasteiger partial charge on any atom is -0.314 e. The molecule has 114 valence electrons. The highest BCUT2D eigenvalue weighted by atomic mass is 15.2. The average Bonchev–Trinajstić information content (AvgIpc) is 2.42. The van der Waals surface area contributed by atoms with Crippen LogP contribution in [0.5, 0.6) is 0 Å². The third-order valence-corrected chi connectivity index (χ3v) is 4.62. The number of piperidine rings is 1. The summed E-state index contributed by atoms with van der Waals surface area (Å²) in [6.07, 6.45) is 9.45. The maximum atomic E-state index is 3.73. The molecule has 3 atom stereocenters. The molecule has 0 aromatic heterocycles. The van der Waals surface area contributed by atoms with Gasteiger partial charge in [0.1, 0.15) is 0 Å². The molecule has 3 unspecified atom stereocenters. The topological polar surface area (TPSA) is 15.3 Å². The van der Waals surface area contributed by atoms with Gasteiger partial charge in [0.2, 0.25) is 0 Å². The molecule has 0 radical (unpaired) electrons. The van der Waals surface area contributed by atoms with Gasteiger partial charge < -0.3 is 10.2 Å². The van der Waals surface area contributed by atoms with Crippen molar-refractivity contribution in [3.63, 3.8) is 0 Å². The van der Waals surface area contributed by atoms with Gasteiger partial charge in [-0.25, -0.2) is 0 Å². The lowest BCUT2D eigenvalue weighted by atomic mass is 9.91. The lowest BCUT2D eigenvalue weighted by Gasteiger charge is -2.41. The number of hydrogen-bond acceptors (Lipinski definition) is 2. The van der Waals surface area contributed by atoms with E-state index < -0.39 is 0 Å². The summed E-state index contributed by atoms with van der Waals surface area (Å²) in [7, 11) is 0. The van der Waals surface area contributed by atoms with Crippen LogP contribution < -0.4 is 5.32 Å². The summed E-state index contributed by atoms with van der Waals surface area (Å²) in [5, 5.41) is 3.73. The van der Waals surface area contributed by atoms with Crippen LogP contribution >= 0.6 is 0 Å². The summed E-state index contributed by atoms with van der Waals surface area (Å²) in [4.78, 5) is 2.79. The fourth-order valence-electron chi connectivity index (χ4n) is 3.42. The zero-order valence-corrected chi connectivity index (χ0v) is 13.8. The van der Waals surface area contributed by atoms with Gasteiger partial charge in [-0.15, -0.1) is 0 Å². The molecule has 0 spiro atoms. The fraction of sp³-hybridized carbons (Fsp3) is 1.00. The monoisotopic (exact) mass is 268 g/mol. The van der Waals surface area contributed by atoms with E-state index in [1.54, 1.807) is 0 Å². The molecule has 0 aliphatic carbocycles. The van der Waals surface area contributed by atoms with Crippen molar-refractivity contribution in [2.45, 2.75) is 84.7 Å². The highest BCUT2D eigenvalue weighted by Crippen LogP contribution is 2.23. The quantitative estimate of drug-likeness (QED) is 0.678. The molecule has 0 aromatic rings. The van der Waals surface area contributed by atoms with E-state index in [4.69, 9.17) is 0 Å². The maximum absolute atomic E-state index is 3.73. The van der Waals surface area contributed by atoms with Crippen LogP contribution in [0.25, 0.3) is 0 Å². The summed E-state index contributed by atoms with van der Waals surface area (Å²) < 4.78 is 0. The second-order valence-corrected chi connectivity index (χ2v) is 6.41. The predicted molar refractivity (Wildman–Crippen MR) is 85.7 cm³/mol. The van der Waals surface area contributed by atoms with Crippen LogP contribution in [0, 0.1) is 5.92 Å². The highest BCUT2D eigenvalue weighted by Gasteiger charge is 2.28. The molecule has 1 N–H and O–H groups in total. The number of nitrogens with one attached hydrogen (secondary N) is 1. The molecule has 1 heterocycles. The van der Waals surface area contributed by atoms with Crippen LogP contribution in [0.3, 0.4) is 0 Å². The molecular weight excluding hydrogens is 232 g/mol. The van der Waals surface area contributed by atoms with Crippen LogP contribution in [0.4, 0.5) is 0 Å². The first-order chi connectivity index (χ1) is 9.22. The standard InChI is InChI=1S/C17H36N2/c1-5-8-10-16(9-6-2)19-13-11-17(15(4)14-19)18-12-7-3/h15-18H,5-14H2,1-4H3. The normalized spacial score (nSPS) is 26.5. The second-order valence-electron chi connectivity index (χ2n) is 6.41. The van der Waals surface area contributed by atoms with E-state index in [0.29, 0.717) is 0 Å². The van der Waals surface area contributed by atoms with Crippen LogP contribution in [0.15, 0.2) is 0 Å². The molecular formula is C17H36N2. The van der Waals surface area contributed by atoms with Crippen LogP contribution in [-0.4, -0.2) is 36.6 Å². The maximum Gasteiger partial charge on any atom is 0.0117 e. The van der Waals surface area contributed by atoms with Gasteiger partial charge in [-0.3, -0.25) is 0 Å². The number of unbranched alkanes of at least 4 members (excludes halogenated alkanes) is 1. The number of nitrogens with zero attached hydrogens (tertiary/aromatic N) is 1. The Balaban J connectivity index is 2.42. The Morgan fingerprint density at radius 2 is 1.89 bits per heavy atom. The van der Waals surface area contributed by atoms with Gasteiger partial charge in [0.25, 0.3) is 0 Å². The van der Waals surface area contributed by atoms with E-state index >= 15 is 0 Å². The molecule has 19 heavy (non-hydrogen) atoms. The Labute approximate surface area is 121 Å². The smallest absolute Gasteiger partial charge is 0.0117 e. The lowest BCUT2D eigenvalue weighted by molar-refractivity contribution is 0.0927. The second kappa shape index (κ2) is 9.77. The van der Waals surface area contributed by atoms with Crippen molar-refractivity contribution in [2.24, 2.45) is 5.92 Å². The Kier molecular flexibility index (Phi) is 8.72. The van der Waals surface area contributed by atoms with Crippen molar-refractivity contribution in [1.82, 2.24) is 10.2 Å². The number of likely N-dealkylation sites (tertiary alicyclic amines) is 1. The largest absolute Gasteiger partial charge is 0.314 e. The van der Waals surface area contributed by atoms with Gasteiger partial charge in [0.15, 0.2) is 0 Å². The van der Waals surface area contributed by atoms with Crippen molar-refractivity contribution in [1.29, 1.82) is 0 Å². The molecule has 1 rings (SSSR count). The van der Waals surface area contributed by atoms with E-state index in [1.165, 1.54) is 64.6 Å². The average molecular weight is 268 g/mol. The number of rotatable bonds is 9.